The summed E-state index contributed by atoms with van der Waals surface area (Å²) in [6.07, 6.45) is 0. The third-order valence-electron chi connectivity index (χ3n) is 0.596. The van der Waals surface area contributed by atoms with E-state index in [0.717, 1.165) is 0 Å². The number of hydrogen-bond acceptors (Lipinski definition) is 4. The molecule has 0 aromatic heterocycles. The molecule has 0 radical (unpaired) electrons. The molecule has 9 heavy (non-hydrogen) atoms. The van der Waals surface area contributed by atoms with Gasteiger partial charge in [0, 0.05) is 0 Å². The molecule has 0 amide bonds. The molecule has 0 aromatic rings. The Balaban J connectivity index is 4.38. The van der Waals surface area contributed by atoms with Crippen LogP contribution in [0.15, 0.2) is 0 Å². The van der Waals surface area contributed by atoms with E-state index in [0.29, 0.717) is 0 Å². The summed E-state index contributed by atoms with van der Waals surface area (Å²) in [6, 6.07) is 0. The average molecular weight is 136 g/mol. The molecule has 0 atom stereocenters. The summed E-state index contributed by atoms with van der Waals surface area (Å²) in [6.45, 7) is 0. The molecule has 0 saturated heterocycles. The Morgan fingerprint density at radius 1 is 1.00 bits per heavy atom. The van der Waals surface area contributed by atoms with Gasteiger partial charge in [-0.3, -0.25) is 0 Å². The second-order valence-electron chi connectivity index (χ2n) is 1.28. The van der Waals surface area contributed by atoms with Crippen LogP contribution in [-0.2, 0) is 9.59 Å². The Labute approximate surface area is 49.0 Å². The van der Waals surface area contributed by atoms with Crippen molar-refractivity contribution in [3.8, 4) is 0 Å². The second-order valence-corrected chi connectivity index (χ2v) is 1.28. The molecule has 0 aliphatic carbocycles. The smallest absolute Gasteiger partial charge is 0.376 e. The maximum atomic E-state index is 9.58. The minimum atomic E-state index is -3.67. The van der Waals surface area contributed by atoms with E-state index < -0.39 is 17.7 Å². The first kappa shape index (κ1) is 7.86. The zero-order valence-corrected chi connectivity index (χ0v) is 4.11. The Morgan fingerprint density at radius 2 is 1.22 bits per heavy atom. The summed E-state index contributed by atoms with van der Waals surface area (Å²) in [5, 5.41) is 31.5. The predicted octanol–water partition coefficient (Wildman–Crippen LogP) is -2.16. The van der Waals surface area contributed by atoms with Gasteiger partial charge in [0.2, 0.25) is 0 Å². The summed E-state index contributed by atoms with van der Waals surface area (Å²) < 4.78 is 0. The van der Waals surface area contributed by atoms with Crippen molar-refractivity contribution in [3.05, 3.63) is 0 Å². The fourth-order valence-corrected chi connectivity index (χ4v) is 0.0915. The van der Waals surface area contributed by atoms with Crippen LogP contribution in [0.25, 0.3) is 0 Å². The molecule has 0 rings (SSSR count). The van der Waals surface area contributed by atoms with E-state index >= 15 is 0 Å². The van der Waals surface area contributed by atoms with Crippen molar-refractivity contribution < 1.29 is 30.0 Å². The molecule has 0 aromatic carbocycles. The number of aliphatic carboxylic acids is 2. The Morgan fingerprint density at radius 3 is 1.22 bits per heavy atom. The summed E-state index contributed by atoms with van der Waals surface area (Å²) in [7, 11) is 0. The number of carboxylic acids is 2. The number of hydrogen-bond donors (Lipinski definition) is 4. The molecule has 0 fully saturated rings. The normalized spacial score (nSPS) is 10.9. The lowest BCUT2D eigenvalue weighted by atomic mass is 10.3. The van der Waals surface area contributed by atoms with Crippen LogP contribution in [-0.4, -0.2) is 38.2 Å². The molecule has 4 N–H and O–H groups in total. The first-order valence-corrected chi connectivity index (χ1v) is 1.80. The summed E-state index contributed by atoms with van der Waals surface area (Å²) >= 11 is 0. The molecule has 0 aliphatic rings. The van der Waals surface area contributed by atoms with Crippen LogP contribution in [0.3, 0.4) is 0 Å². The molecular formula is C3H4O6. The number of carboxylic acid groups (broad SMARTS) is 2. The van der Waals surface area contributed by atoms with E-state index in [1.165, 1.54) is 0 Å². The highest BCUT2D eigenvalue weighted by Crippen LogP contribution is 1.97. The Hall–Kier alpha value is -1.14. The van der Waals surface area contributed by atoms with E-state index in [4.69, 9.17) is 20.4 Å². The van der Waals surface area contributed by atoms with Crippen molar-refractivity contribution in [1.82, 2.24) is 0 Å². The molecule has 0 saturated carbocycles. The van der Waals surface area contributed by atoms with Gasteiger partial charge in [0.1, 0.15) is 0 Å². The van der Waals surface area contributed by atoms with Crippen LogP contribution < -0.4 is 0 Å². The largest absolute Gasteiger partial charge is 0.477 e. The molecule has 0 bridgehead atoms. The van der Waals surface area contributed by atoms with Gasteiger partial charge < -0.3 is 20.4 Å². The Bertz CT molecular complexity index is 130. The highest BCUT2D eigenvalue weighted by atomic mass is 16.6. The van der Waals surface area contributed by atoms with E-state index in [1.807, 2.05) is 0 Å². The molecular weight excluding hydrogens is 132 g/mol. The Kier molecular flexibility index (Phi) is 1.74. The highest BCUT2D eigenvalue weighted by Gasteiger charge is 2.42. The third-order valence-corrected chi connectivity index (χ3v) is 0.596. The van der Waals surface area contributed by atoms with E-state index in [9.17, 15) is 9.59 Å². The van der Waals surface area contributed by atoms with E-state index in [1.54, 1.807) is 0 Å². The topological polar surface area (TPSA) is 115 Å². The first-order chi connectivity index (χ1) is 3.89. The van der Waals surface area contributed by atoms with Gasteiger partial charge in [0.25, 0.3) is 0 Å². The van der Waals surface area contributed by atoms with Crippen molar-refractivity contribution in [2.45, 2.75) is 5.79 Å². The van der Waals surface area contributed by atoms with Gasteiger partial charge in [0.15, 0.2) is 0 Å². The van der Waals surface area contributed by atoms with Crippen LogP contribution in [0.4, 0.5) is 0 Å². The van der Waals surface area contributed by atoms with Gasteiger partial charge in [-0.25, -0.2) is 9.59 Å². The third kappa shape index (κ3) is 1.37. The monoisotopic (exact) mass is 136 g/mol. The van der Waals surface area contributed by atoms with E-state index in [2.05, 4.69) is 0 Å². The molecule has 0 unspecified atom stereocenters. The molecule has 0 aliphatic heterocycles. The van der Waals surface area contributed by atoms with Crippen molar-refractivity contribution in [3.63, 3.8) is 0 Å². The first-order valence-electron chi connectivity index (χ1n) is 1.80. The molecule has 0 spiro atoms. The lowest BCUT2D eigenvalue weighted by Crippen LogP contribution is -2.46. The molecule has 6 heteroatoms. The van der Waals surface area contributed by atoms with Crippen LogP contribution in [0.1, 0.15) is 0 Å². The second kappa shape index (κ2) is 2.00. The maximum absolute atomic E-state index is 9.58. The molecule has 6 nitrogen and oxygen atoms in total. The number of aliphatic hydroxyl groups is 2. The molecule has 52 valence electrons. The van der Waals surface area contributed by atoms with Crippen molar-refractivity contribution in [1.29, 1.82) is 0 Å². The minimum Gasteiger partial charge on any atom is -0.477 e. The average Bonchev–Trinajstić information content (AvgIpc) is 1.65. The SMILES string of the molecule is O=C(O)C(O)(O)C(=O)O. The number of rotatable bonds is 2. The van der Waals surface area contributed by atoms with Crippen molar-refractivity contribution in [2.24, 2.45) is 0 Å². The van der Waals surface area contributed by atoms with Crippen LogP contribution >= 0.6 is 0 Å². The van der Waals surface area contributed by atoms with Crippen LogP contribution in [0.2, 0.25) is 0 Å². The summed E-state index contributed by atoms with van der Waals surface area (Å²) in [5.74, 6) is -8.09. The van der Waals surface area contributed by atoms with Crippen molar-refractivity contribution in [2.75, 3.05) is 0 Å². The minimum absolute atomic E-state index is 2.21. The number of carbonyl (C=O) groups is 2. The lowest BCUT2D eigenvalue weighted by molar-refractivity contribution is -0.216. The van der Waals surface area contributed by atoms with Crippen LogP contribution in [0.5, 0.6) is 0 Å². The zero-order valence-electron chi connectivity index (χ0n) is 4.11. The fourth-order valence-electron chi connectivity index (χ4n) is 0.0915. The van der Waals surface area contributed by atoms with Crippen LogP contribution in [0, 0.1) is 0 Å². The van der Waals surface area contributed by atoms with Gasteiger partial charge in [-0.1, -0.05) is 0 Å². The summed E-state index contributed by atoms with van der Waals surface area (Å²) in [4.78, 5) is 19.2. The van der Waals surface area contributed by atoms with E-state index in [-0.39, 0.29) is 0 Å². The lowest BCUT2D eigenvalue weighted by Gasteiger charge is -2.08. The van der Waals surface area contributed by atoms with Gasteiger partial charge in [-0.05, 0) is 0 Å². The van der Waals surface area contributed by atoms with Gasteiger partial charge >= 0.3 is 17.7 Å². The van der Waals surface area contributed by atoms with Crippen molar-refractivity contribution >= 4 is 11.9 Å². The standard InChI is InChI=1S/C3H4O6/c4-1(5)3(8,9)2(6)7/h8-9H,(H,4,5)(H,6,7). The zero-order chi connectivity index (χ0) is 7.65. The summed E-state index contributed by atoms with van der Waals surface area (Å²) in [5.41, 5.74) is 0. The quantitative estimate of drug-likeness (QED) is 0.254. The highest BCUT2D eigenvalue weighted by molar-refractivity contribution is 5.98. The van der Waals surface area contributed by atoms with Gasteiger partial charge in [-0.15, -0.1) is 0 Å². The maximum Gasteiger partial charge on any atom is 0.376 e. The molecule has 0 heterocycles. The predicted molar refractivity (Wildman–Crippen MR) is 22.4 cm³/mol. The van der Waals surface area contributed by atoms with Gasteiger partial charge in [0.05, 0.1) is 0 Å². The van der Waals surface area contributed by atoms with Gasteiger partial charge in [-0.2, -0.15) is 0 Å². The fraction of sp³-hybridized carbons (Fsp3) is 0.333.